The minimum absolute atomic E-state index is 0.0534. The third-order valence-corrected chi connectivity index (χ3v) is 4.13. The standard InChI is InChI=1S/C21H19N3O5/c1-14-6-5-7-15(2)21(14)28-13-20(25)23-22-12-16-10-11-19(29-16)17-8-3-4-9-18(17)24(26)27/h3-12H,13H2,1-2H3,(H,23,25)/b22-12-. The van der Waals surface area contributed by atoms with Crippen molar-refractivity contribution >= 4 is 17.8 Å². The molecular weight excluding hydrogens is 374 g/mol. The Hall–Kier alpha value is -3.94. The first kappa shape index (κ1) is 19.8. The lowest BCUT2D eigenvalue weighted by molar-refractivity contribution is -0.384. The molecule has 3 aromatic rings. The number of para-hydroxylation sites is 2. The maximum absolute atomic E-state index is 11.9. The zero-order valence-electron chi connectivity index (χ0n) is 15.9. The van der Waals surface area contributed by atoms with Crippen LogP contribution in [0, 0.1) is 24.0 Å². The molecule has 1 N–H and O–H groups in total. The van der Waals surface area contributed by atoms with Gasteiger partial charge in [-0.3, -0.25) is 14.9 Å². The lowest BCUT2D eigenvalue weighted by Gasteiger charge is -2.10. The molecule has 0 aliphatic heterocycles. The lowest BCUT2D eigenvalue weighted by Crippen LogP contribution is -2.24. The fourth-order valence-electron chi connectivity index (χ4n) is 2.77. The average molecular weight is 393 g/mol. The first-order chi connectivity index (χ1) is 14.0. The number of nitrogens with zero attached hydrogens (tertiary/aromatic N) is 2. The Kier molecular flexibility index (Phi) is 6.03. The number of carbonyl (C=O) groups is 1. The van der Waals surface area contributed by atoms with E-state index in [9.17, 15) is 14.9 Å². The summed E-state index contributed by atoms with van der Waals surface area (Å²) in [4.78, 5) is 22.6. The minimum atomic E-state index is -0.470. The van der Waals surface area contributed by atoms with Gasteiger partial charge in [0, 0.05) is 6.07 Å². The van der Waals surface area contributed by atoms with Crippen molar-refractivity contribution < 1.29 is 18.9 Å². The van der Waals surface area contributed by atoms with Crippen LogP contribution in [0.3, 0.4) is 0 Å². The quantitative estimate of drug-likeness (QED) is 0.371. The Balaban J connectivity index is 1.59. The molecule has 0 radical (unpaired) electrons. The van der Waals surface area contributed by atoms with Gasteiger partial charge in [-0.15, -0.1) is 0 Å². The molecule has 0 aliphatic carbocycles. The van der Waals surface area contributed by atoms with Crippen LogP contribution in [0.5, 0.6) is 5.75 Å². The van der Waals surface area contributed by atoms with Crippen molar-refractivity contribution in [3.8, 4) is 17.1 Å². The number of hydrogen-bond acceptors (Lipinski definition) is 6. The number of nitrogens with one attached hydrogen (secondary N) is 1. The fourth-order valence-corrected chi connectivity index (χ4v) is 2.77. The van der Waals surface area contributed by atoms with E-state index in [2.05, 4.69) is 10.5 Å². The molecule has 0 atom stereocenters. The Morgan fingerprint density at radius 3 is 2.59 bits per heavy atom. The summed E-state index contributed by atoms with van der Waals surface area (Å²) in [7, 11) is 0. The summed E-state index contributed by atoms with van der Waals surface area (Å²) < 4.78 is 11.1. The second-order valence-corrected chi connectivity index (χ2v) is 6.28. The number of hydrogen-bond donors (Lipinski definition) is 1. The predicted molar refractivity (Wildman–Crippen MR) is 108 cm³/mol. The van der Waals surface area contributed by atoms with Crippen molar-refractivity contribution in [3.63, 3.8) is 0 Å². The molecule has 0 bridgehead atoms. The monoisotopic (exact) mass is 393 g/mol. The van der Waals surface area contributed by atoms with Crippen molar-refractivity contribution in [3.05, 3.63) is 81.6 Å². The summed E-state index contributed by atoms with van der Waals surface area (Å²) in [5.74, 6) is 0.929. The van der Waals surface area contributed by atoms with E-state index < -0.39 is 10.8 Å². The van der Waals surface area contributed by atoms with Crippen LogP contribution in [-0.4, -0.2) is 23.7 Å². The molecule has 29 heavy (non-hydrogen) atoms. The number of benzene rings is 2. The predicted octanol–water partition coefficient (Wildman–Crippen LogP) is 4.00. The molecular formula is C21H19N3O5. The lowest BCUT2D eigenvalue weighted by atomic mass is 10.1. The van der Waals surface area contributed by atoms with Gasteiger partial charge in [-0.2, -0.15) is 5.10 Å². The van der Waals surface area contributed by atoms with Crippen LogP contribution in [0.1, 0.15) is 16.9 Å². The Morgan fingerprint density at radius 2 is 1.86 bits per heavy atom. The van der Waals surface area contributed by atoms with E-state index in [1.54, 1.807) is 30.3 Å². The van der Waals surface area contributed by atoms with Gasteiger partial charge in [-0.05, 0) is 43.2 Å². The van der Waals surface area contributed by atoms with E-state index in [0.717, 1.165) is 11.1 Å². The number of ether oxygens (including phenoxy) is 1. The summed E-state index contributed by atoms with van der Waals surface area (Å²) in [5, 5.41) is 15.0. The molecule has 8 heteroatoms. The van der Waals surface area contributed by atoms with Gasteiger partial charge in [0.15, 0.2) is 6.61 Å². The van der Waals surface area contributed by atoms with Gasteiger partial charge in [-0.25, -0.2) is 5.43 Å². The second-order valence-electron chi connectivity index (χ2n) is 6.28. The maximum Gasteiger partial charge on any atom is 0.280 e. The van der Waals surface area contributed by atoms with Gasteiger partial charge in [0.25, 0.3) is 11.6 Å². The van der Waals surface area contributed by atoms with Crippen LogP contribution < -0.4 is 10.2 Å². The van der Waals surface area contributed by atoms with Gasteiger partial charge in [-0.1, -0.05) is 30.3 Å². The van der Waals surface area contributed by atoms with Gasteiger partial charge in [0.2, 0.25) is 0 Å². The van der Waals surface area contributed by atoms with Gasteiger partial charge >= 0.3 is 0 Å². The normalized spacial score (nSPS) is 10.8. The number of nitro groups is 1. The van der Waals surface area contributed by atoms with Gasteiger partial charge in [0.05, 0.1) is 16.7 Å². The minimum Gasteiger partial charge on any atom is -0.483 e. The second kappa shape index (κ2) is 8.83. The van der Waals surface area contributed by atoms with E-state index in [0.29, 0.717) is 22.8 Å². The number of hydrazone groups is 1. The van der Waals surface area contributed by atoms with Crippen LogP contribution in [0.4, 0.5) is 5.69 Å². The number of nitro benzene ring substituents is 1. The molecule has 148 valence electrons. The smallest absolute Gasteiger partial charge is 0.280 e. The summed E-state index contributed by atoms with van der Waals surface area (Å²) in [6.07, 6.45) is 1.31. The molecule has 1 amide bonds. The molecule has 3 rings (SSSR count). The first-order valence-corrected chi connectivity index (χ1v) is 8.80. The zero-order valence-corrected chi connectivity index (χ0v) is 15.9. The molecule has 0 unspecified atom stereocenters. The number of carbonyl (C=O) groups excluding carboxylic acids is 1. The summed E-state index contributed by atoms with van der Waals surface area (Å²) in [6, 6.07) is 15.2. The summed E-state index contributed by atoms with van der Waals surface area (Å²) in [6.45, 7) is 3.64. The Labute approximate surface area is 167 Å². The zero-order chi connectivity index (χ0) is 20.8. The molecule has 0 spiro atoms. The maximum atomic E-state index is 11.9. The van der Waals surface area contributed by atoms with Gasteiger partial charge in [0.1, 0.15) is 17.3 Å². The highest BCUT2D eigenvalue weighted by molar-refractivity contribution is 5.82. The third kappa shape index (κ3) is 4.86. The van der Waals surface area contributed by atoms with Crippen LogP contribution in [0.15, 0.2) is 64.1 Å². The third-order valence-electron chi connectivity index (χ3n) is 4.13. The number of rotatable bonds is 7. The van der Waals surface area contributed by atoms with Crippen LogP contribution >= 0.6 is 0 Å². The molecule has 0 fully saturated rings. The SMILES string of the molecule is Cc1cccc(C)c1OCC(=O)N/N=C\c1ccc(-c2ccccc2[N+](=O)[O-])o1. The highest BCUT2D eigenvalue weighted by Gasteiger charge is 2.16. The number of aryl methyl sites for hydroxylation is 2. The number of amides is 1. The number of furan rings is 1. The van der Waals surface area contributed by atoms with Crippen molar-refractivity contribution in [2.75, 3.05) is 6.61 Å². The molecule has 0 aliphatic rings. The Morgan fingerprint density at radius 1 is 1.14 bits per heavy atom. The molecule has 2 aromatic carbocycles. The van der Waals surface area contributed by atoms with Crippen molar-refractivity contribution in [2.45, 2.75) is 13.8 Å². The average Bonchev–Trinajstić information content (AvgIpc) is 3.16. The highest BCUT2D eigenvalue weighted by atomic mass is 16.6. The molecule has 1 heterocycles. The van der Waals surface area contributed by atoms with E-state index in [1.807, 2.05) is 32.0 Å². The topological polar surface area (TPSA) is 107 Å². The van der Waals surface area contributed by atoms with Crippen LogP contribution in [0.2, 0.25) is 0 Å². The largest absolute Gasteiger partial charge is 0.483 e. The molecule has 1 aromatic heterocycles. The molecule has 0 saturated heterocycles. The first-order valence-electron chi connectivity index (χ1n) is 8.80. The summed E-state index contributed by atoms with van der Waals surface area (Å²) >= 11 is 0. The van der Waals surface area contributed by atoms with Crippen molar-refractivity contribution in [1.29, 1.82) is 0 Å². The van der Waals surface area contributed by atoms with Crippen molar-refractivity contribution in [2.24, 2.45) is 5.10 Å². The van der Waals surface area contributed by atoms with Crippen LogP contribution in [-0.2, 0) is 4.79 Å². The van der Waals surface area contributed by atoms with E-state index in [-0.39, 0.29) is 12.3 Å². The molecule has 0 saturated carbocycles. The van der Waals surface area contributed by atoms with Crippen molar-refractivity contribution in [1.82, 2.24) is 5.43 Å². The van der Waals surface area contributed by atoms with E-state index >= 15 is 0 Å². The fraction of sp³-hybridized carbons (Fsp3) is 0.143. The van der Waals surface area contributed by atoms with E-state index in [4.69, 9.17) is 9.15 Å². The summed E-state index contributed by atoms with van der Waals surface area (Å²) in [5.41, 5.74) is 4.55. The Bertz CT molecular complexity index is 1050. The van der Waals surface area contributed by atoms with Crippen LogP contribution in [0.25, 0.3) is 11.3 Å². The van der Waals surface area contributed by atoms with Gasteiger partial charge < -0.3 is 9.15 Å². The van der Waals surface area contributed by atoms with E-state index in [1.165, 1.54) is 12.3 Å². The highest BCUT2D eigenvalue weighted by Crippen LogP contribution is 2.30. The molecule has 8 nitrogen and oxygen atoms in total.